The first kappa shape index (κ1) is 11.8. The maximum Gasteiger partial charge on any atom is 0.104 e. The first-order valence-corrected chi connectivity index (χ1v) is 6.18. The number of H-pyrrole nitrogens is 1. The van der Waals surface area contributed by atoms with Crippen LogP contribution in [0.4, 0.5) is 0 Å². The Kier molecular flexibility index (Phi) is 2.97. The maximum absolute atomic E-state index is 4.51. The maximum atomic E-state index is 4.51. The molecule has 96 valence electrons. The van der Waals surface area contributed by atoms with E-state index in [1.54, 1.807) is 6.20 Å². The zero-order valence-corrected chi connectivity index (χ0v) is 10.9. The van der Waals surface area contributed by atoms with Gasteiger partial charge in [-0.1, -0.05) is 12.1 Å². The third kappa shape index (κ3) is 2.20. The molecule has 2 heterocycles. The van der Waals surface area contributed by atoms with Gasteiger partial charge in [-0.15, -0.1) is 0 Å². The number of fused-ring (bicyclic) bond motifs is 1. The Balaban J connectivity index is 2.07. The van der Waals surface area contributed by atoms with E-state index in [2.05, 4.69) is 43.9 Å². The second kappa shape index (κ2) is 4.78. The molecule has 0 radical (unpaired) electrons. The summed E-state index contributed by atoms with van der Waals surface area (Å²) in [5.74, 6) is 0. The molecule has 1 atom stereocenters. The van der Waals surface area contributed by atoms with Crippen LogP contribution < -0.4 is 5.32 Å². The van der Waals surface area contributed by atoms with Crippen LogP contribution in [0.3, 0.4) is 0 Å². The van der Waals surface area contributed by atoms with Crippen molar-refractivity contribution < 1.29 is 0 Å². The molecule has 0 aliphatic rings. The van der Waals surface area contributed by atoms with E-state index >= 15 is 0 Å². The second-order valence-electron chi connectivity index (χ2n) is 4.52. The summed E-state index contributed by atoms with van der Waals surface area (Å²) in [6.45, 7) is 2.00. The molecule has 1 aromatic carbocycles. The lowest BCUT2D eigenvalue weighted by Crippen LogP contribution is -2.18. The Hall–Kier alpha value is -2.27. The van der Waals surface area contributed by atoms with Crippen LogP contribution in [0.1, 0.15) is 23.0 Å². The zero-order chi connectivity index (χ0) is 13.2. The van der Waals surface area contributed by atoms with Crippen molar-refractivity contribution in [1.29, 1.82) is 0 Å². The highest BCUT2D eigenvalue weighted by molar-refractivity contribution is 5.79. The topological polar surface area (TPSA) is 66.5 Å². The Bertz CT molecular complexity index is 690. The highest BCUT2D eigenvalue weighted by Gasteiger charge is 2.14. The van der Waals surface area contributed by atoms with Gasteiger partial charge in [-0.3, -0.25) is 4.98 Å². The van der Waals surface area contributed by atoms with Gasteiger partial charge >= 0.3 is 0 Å². The Morgan fingerprint density at radius 2 is 2.11 bits per heavy atom. The van der Waals surface area contributed by atoms with Crippen LogP contribution in [0.5, 0.6) is 0 Å². The molecule has 19 heavy (non-hydrogen) atoms. The molecule has 5 heteroatoms. The summed E-state index contributed by atoms with van der Waals surface area (Å²) < 4.78 is 0. The fourth-order valence-electron chi connectivity index (χ4n) is 2.26. The molecule has 0 saturated carbocycles. The van der Waals surface area contributed by atoms with Crippen LogP contribution in [0.25, 0.3) is 10.9 Å². The third-order valence-electron chi connectivity index (χ3n) is 3.20. The predicted octanol–water partition coefficient (Wildman–Crippen LogP) is 1.97. The van der Waals surface area contributed by atoms with Crippen molar-refractivity contribution in [2.24, 2.45) is 0 Å². The van der Waals surface area contributed by atoms with Gasteiger partial charge in [-0.05, 0) is 37.7 Å². The molecule has 3 rings (SSSR count). The van der Waals surface area contributed by atoms with Crippen molar-refractivity contribution in [3.05, 3.63) is 53.5 Å². The lowest BCUT2D eigenvalue weighted by atomic mass is 10.0. The van der Waals surface area contributed by atoms with E-state index in [0.29, 0.717) is 0 Å². The number of nitrogens with zero attached hydrogens (tertiary/aromatic N) is 3. The van der Waals surface area contributed by atoms with E-state index in [0.717, 1.165) is 27.9 Å². The van der Waals surface area contributed by atoms with Crippen molar-refractivity contribution in [1.82, 2.24) is 25.7 Å². The third-order valence-corrected chi connectivity index (χ3v) is 3.20. The predicted molar refractivity (Wildman–Crippen MR) is 73.8 cm³/mol. The molecule has 0 saturated heterocycles. The summed E-state index contributed by atoms with van der Waals surface area (Å²) in [6.07, 6.45) is 1.73. The number of rotatable bonds is 3. The minimum atomic E-state index is 0.0319. The number of aromatic amines is 1. The molecule has 0 bridgehead atoms. The molecule has 1 unspecified atom stereocenters. The van der Waals surface area contributed by atoms with E-state index in [4.69, 9.17) is 0 Å². The SMILES string of the molecule is CNC(c1ccc2nc(C)ccc2c1)c1cn[nH]n1. The number of nitrogens with one attached hydrogen (secondary N) is 2. The minimum absolute atomic E-state index is 0.0319. The molecule has 2 N–H and O–H groups in total. The monoisotopic (exact) mass is 253 g/mol. The normalized spacial score (nSPS) is 12.7. The fraction of sp³-hybridized carbons (Fsp3) is 0.214. The van der Waals surface area contributed by atoms with E-state index in [1.807, 2.05) is 26.1 Å². The highest BCUT2D eigenvalue weighted by Crippen LogP contribution is 2.23. The number of benzene rings is 1. The van der Waals surface area contributed by atoms with Gasteiger partial charge < -0.3 is 5.32 Å². The average Bonchev–Trinajstić information content (AvgIpc) is 2.93. The average molecular weight is 253 g/mol. The molecular weight excluding hydrogens is 238 g/mol. The summed E-state index contributed by atoms with van der Waals surface area (Å²) in [5, 5.41) is 15.0. The minimum Gasteiger partial charge on any atom is -0.308 e. The first-order chi connectivity index (χ1) is 9.28. The molecule has 3 aromatic rings. The van der Waals surface area contributed by atoms with E-state index in [-0.39, 0.29) is 6.04 Å². The van der Waals surface area contributed by atoms with Crippen molar-refractivity contribution in [3.8, 4) is 0 Å². The molecule has 0 aliphatic heterocycles. The van der Waals surface area contributed by atoms with Crippen LogP contribution in [-0.4, -0.2) is 27.4 Å². The van der Waals surface area contributed by atoms with Crippen molar-refractivity contribution in [2.75, 3.05) is 7.05 Å². The number of aromatic nitrogens is 4. The van der Waals surface area contributed by atoms with Crippen LogP contribution >= 0.6 is 0 Å². The van der Waals surface area contributed by atoms with E-state index < -0.39 is 0 Å². The van der Waals surface area contributed by atoms with Crippen LogP contribution in [0, 0.1) is 6.92 Å². The summed E-state index contributed by atoms with van der Waals surface area (Å²) >= 11 is 0. The second-order valence-corrected chi connectivity index (χ2v) is 4.52. The molecular formula is C14H15N5. The molecule has 0 aliphatic carbocycles. The number of hydrogen-bond acceptors (Lipinski definition) is 4. The smallest absolute Gasteiger partial charge is 0.104 e. The van der Waals surface area contributed by atoms with Gasteiger partial charge in [0.2, 0.25) is 0 Å². The summed E-state index contributed by atoms with van der Waals surface area (Å²) in [4.78, 5) is 4.51. The Morgan fingerprint density at radius 3 is 2.84 bits per heavy atom. The van der Waals surface area contributed by atoms with Crippen LogP contribution in [-0.2, 0) is 0 Å². The molecule has 0 amide bonds. The highest BCUT2D eigenvalue weighted by atomic mass is 15.3. The summed E-state index contributed by atoms with van der Waals surface area (Å²) in [6, 6.07) is 10.4. The van der Waals surface area contributed by atoms with Crippen molar-refractivity contribution >= 4 is 10.9 Å². The summed E-state index contributed by atoms with van der Waals surface area (Å²) in [5.41, 5.74) is 4.07. The zero-order valence-electron chi connectivity index (χ0n) is 10.9. The largest absolute Gasteiger partial charge is 0.308 e. The standard InChI is InChI=1S/C14H15N5/c1-9-3-4-10-7-11(5-6-12(10)17-9)14(15-2)13-8-16-19-18-13/h3-8,14-15H,1-2H3,(H,16,18,19). The summed E-state index contributed by atoms with van der Waals surface area (Å²) in [7, 11) is 1.91. The first-order valence-electron chi connectivity index (χ1n) is 6.18. The Morgan fingerprint density at radius 1 is 1.21 bits per heavy atom. The lowest BCUT2D eigenvalue weighted by Gasteiger charge is -2.14. The van der Waals surface area contributed by atoms with Gasteiger partial charge in [0.15, 0.2) is 0 Å². The van der Waals surface area contributed by atoms with E-state index in [1.165, 1.54) is 0 Å². The number of aryl methyl sites for hydroxylation is 1. The van der Waals surface area contributed by atoms with Gasteiger partial charge in [0.25, 0.3) is 0 Å². The number of hydrogen-bond donors (Lipinski definition) is 2. The van der Waals surface area contributed by atoms with Crippen LogP contribution in [0.2, 0.25) is 0 Å². The van der Waals surface area contributed by atoms with Gasteiger partial charge in [-0.25, -0.2) is 0 Å². The quantitative estimate of drug-likeness (QED) is 0.749. The molecule has 0 fully saturated rings. The van der Waals surface area contributed by atoms with Gasteiger partial charge in [0.1, 0.15) is 5.69 Å². The fourth-order valence-corrected chi connectivity index (χ4v) is 2.26. The van der Waals surface area contributed by atoms with Gasteiger partial charge in [0.05, 0.1) is 17.8 Å². The van der Waals surface area contributed by atoms with Crippen molar-refractivity contribution in [3.63, 3.8) is 0 Å². The van der Waals surface area contributed by atoms with Gasteiger partial charge in [0, 0.05) is 11.1 Å². The molecule has 2 aromatic heterocycles. The molecule has 5 nitrogen and oxygen atoms in total. The molecule has 0 spiro atoms. The van der Waals surface area contributed by atoms with E-state index in [9.17, 15) is 0 Å². The van der Waals surface area contributed by atoms with Crippen LogP contribution in [0.15, 0.2) is 36.5 Å². The van der Waals surface area contributed by atoms with Gasteiger partial charge in [-0.2, -0.15) is 15.4 Å². The number of pyridine rings is 1. The Labute approximate surface area is 111 Å². The van der Waals surface area contributed by atoms with Crippen molar-refractivity contribution in [2.45, 2.75) is 13.0 Å². The lowest BCUT2D eigenvalue weighted by molar-refractivity contribution is 0.668.